The second-order valence-corrected chi connectivity index (χ2v) is 7.48. The summed E-state index contributed by atoms with van der Waals surface area (Å²) in [6.45, 7) is 4.66. The molecule has 3 aromatic rings. The van der Waals surface area contributed by atoms with Gasteiger partial charge in [0.25, 0.3) is 0 Å². The van der Waals surface area contributed by atoms with E-state index < -0.39 is 0 Å². The Labute approximate surface area is 185 Å². The van der Waals surface area contributed by atoms with Gasteiger partial charge in [0.05, 0.1) is 32.0 Å². The van der Waals surface area contributed by atoms with Crippen LogP contribution in [0.25, 0.3) is 0 Å². The molecule has 0 aliphatic rings. The van der Waals surface area contributed by atoms with E-state index in [0.29, 0.717) is 35.5 Å². The molecule has 2 aromatic carbocycles. The van der Waals surface area contributed by atoms with E-state index in [1.165, 1.54) is 16.9 Å². The summed E-state index contributed by atoms with van der Waals surface area (Å²) in [6, 6.07) is 13.7. The highest BCUT2D eigenvalue weighted by Gasteiger charge is 2.09. The molecule has 0 atom stereocenters. The predicted octanol–water partition coefficient (Wildman–Crippen LogP) is 4.59. The van der Waals surface area contributed by atoms with Crippen LogP contribution in [0.15, 0.2) is 52.9 Å². The smallest absolute Gasteiger partial charge is 0.311 e. The van der Waals surface area contributed by atoms with Gasteiger partial charge < -0.3 is 14.2 Å². The Morgan fingerprint density at radius 1 is 1.23 bits per heavy atom. The molecule has 0 spiro atoms. The Morgan fingerprint density at radius 2 is 2.06 bits per heavy atom. The van der Waals surface area contributed by atoms with E-state index in [2.05, 4.69) is 28.5 Å². The number of anilines is 1. The van der Waals surface area contributed by atoms with Crippen molar-refractivity contribution in [1.29, 1.82) is 0 Å². The Hall–Kier alpha value is -3.39. The maximum atomic E-state index is 11.5. The number of benzene rings is 2. The molecule has 0 aliphatic carbocycles. The summed E-state index contributed by atoms with van der Waals surface area (Å²) >= 11 is 1.37. The van der Waals surface area contributed by atoms with Gasteiger partial charge in [0.1, 0.15) is 6.61 Å². The van der Waals surface area contributed by atoms with Gasteiger partial charge >= 0.3 is 5.97 Å². The van der Waals surface area contributed by atoms with Crippen LogP contribution in [0.1, 0.15) is 29.3 Å². The van der Waals surface area contributed by atoms with Crippen molar-refractivity contribution in [2.24, 2.45) is 5.10 Å². The molecule has 1 N–H and O–H groups in total. The van der Waals surface area contributed by atoms with Gasteiger partial charge in [0, 0.05) is 5.38 Å². The number of aromatic nitrogens is 1. The molecular weight excluding hydrogens is 414 g/mol. The van der Waals surface area contributed by atoms with Crippen LogP contribution in [-0.2, 0) is 22.6 Å². The first-order valence-corrected chi connectivity index (χ1v) is 10.7. The number of carbonyl (C=O) groups excluding carboxylic acids is 1. The number of carbonyl (C=O) groups is 1. The summed E-state index contributed by atoms with van der Waals surface area (Å²) in [6.07, 6.45) is 1.82. The van der Waals surface area contributed by atoms with Gasteiger partial charge in [-0.25, -0.2) is 4.98 Å². The number of hydrogen-bond donors (Lipinski definition) is 1. The molecule has 7 nitrogen and oxygen atoms in total. The number of nitrogens with one attached hydrogen (secondary N) is 1. The van der Waals surface area contributed by atoms with Crippen LogP contribution in [0.4, 0.5) is 5.13 Å². The van der Waals surface area contributed by atoms with Crippen LogP contribution in [-0.4, -0.2) is 30.9 Å². The van der Waals surface area contributed by atoms with Crippen molar-refractivity contribution in [2.45, 2.75) is 26.9 Å². The quantitative estimate of drug-likeness (QED) is 0.283. The van der Waals surface area contributed by atoms with Gasteiger partial charge in [-0.1, -0.05) is 24.3 Å². The fraction of sp³-hybridized carbons (Fsp3) is 0.261. The van der Waals surface area contributed by atoms with Crippen LogP contribution in [0.2, 0.25) is 0 Å². The maximum absolute atomic E-state index is 11.5. The Bertz CT molecular complexity index is 1050. The highest BCUT2D eigenvalue weighted by atomic mass is 32.1. The van der Waals surface area contributed by atoms with Crippen molar-refractivity contribution >= 4 is 28.7 Å². The number of ether oxygens (including phenoxy) is 3. The van der Waals surface area contributed by atoms with E-state index in [1.54, 1.807) is 25.6 Å². The van der Waals surface area contributed by atoms with Gasteiger partial charge in [-0.05, 0) is 48.7 Å². The molecule has 1 aromatic heterocycles. The van der Waals surface area contributed by atoms with E-state index in [4.69, 9.17) is 14.2 Å². The van der Waals surface area contributed by atoms with E-state index >= 15 is 0 Å². The number of thiazole rings is 1. The minimum atomic E-state index is -0.292. The Balaban J connectivity index is 1.58. The zero-order chi connectivity index (χ0) is 22.1. The third-order valence-electron chi connectivity index (χ3n) is 4.39. The normalized spacial score (nSPS) is 10.8. The van der Waals surface area contributed by atoms with Crippen LogP contribution >= 0.6 is 11.3 Å². The average Bonchev–Trinajstić information content (AvgIpc) is 3.20. The lowest BCUT2D eigenvalue weighted by Gasteiger charge is -2.12. The number of esters is 1. The maximum Gasteiger partial charge on any atom is 0.311 e. The van der Waals surface area contributed by atoms with Gasteiger partial charge in [0.2, 0.25) is 5.13 Å². The number of hydrogen-bond acceptors (Lipinski definition) is 8. The van der Waals surface area contributed by atoms with E-state index in [9.17, 15) is 4.79 Å². The van der Waals surface area contributed by atoms with E-state index in [1.807, 2.05) is 36.4 Å². The zero-order valence-corrected chi connectivity index (χ0v) is 18.6. The molecule has 0 amide bonds. The molecule has 8 heteroatoms. The Kier molecular flexibility index (Phi) is 8.00. The molecule has 0 bridgehead atoms. The molecule has 0 fully saturated rings. The number of rotatable bonds is 10. The summed E-state index contributed by atoms with van der Waals surface area (Å²) in [5, 5.41) is 6.61. The minimum Gasteiger partial charge on any atom is -0.493 e. The predicted molar refractivity (Wildman–Crippen MR) is 122 cm³/mol. The highest BCUT2D eigenvalue weighted by molar-refractivity contribution is 7.13. The molecule has 0 aliphatic heterocycles. The second-order valence-electron chi connectivity index (χ2n) is 6.62. The van der Waals surface area contributed by atoms with Gasteiger partial charge in [-0.3, -0.25) is 10.2 Å². The lowest BCUT2D eigenvalue weighted by Crippen LogP contribution is -2.07. The standard InChI is InChI=1S/C23H25N3O4S/c1-4-29-22(27)12-19-15-31-23(25-19)26-24-13-17-9-10-20(21(11-17)28-3)30-14-18-8-6-5-7-16(18)2/h5-11,13,15H,4,12,14H2,1-3H3,(H,25,26)/b24-13+. The fourth-order valence-corrected chi connectivity index (χ4v) is 3.43. The van der Waals surface area contributed by atoms with Crippen LogP contribution in [0.5, 0.6) is 11.5 Å². The number of methoxy groups -OCH3 is 1. The number of nitrogens with zero attached hydrogens (tertiary/aromatic N) is 2. The van der Waals surface area contributed by atoms with Crippen molar-refractivity contribution in [2.75, 3.05) is 19.1 Å². The topological polar surface area (TPSA) is 82.0 Å². The third-order valence-corrected chi connectivity index (χ3v) is 5.18. The Morgan fingerprint density at radius 3 is 2.84 bits per heavy atom. The molecule has 0 unspecified atom stereocenters. The first kappa shape index (κ1) is 22.3. The average molecular weight is 440 g/mol. The van der Waals surface area contributed by atoms with Crippen molar-refractivity contribution in [3.05, 3.63) is 70.2 Å². The summed E-state index contributed by atoms with van der Waals surface area (Å²) in [5.41, 5.74) is 6.68. The lowest BCUT2D eigenvalue weighted by atomic mass is 10.1. The monoisotopic (exact) mass is 439 g/mol. The lowest BCUT2D eigenvalue weighted by molar-refractivity contribution is -0.142. The minimum absolute atomic E-state index is 0.150. The van der Waals surface area contributed by atoms with Crippen molar-refractivity contribution < 1.29 is 19.0 Å². The van der Waals surface area contributed by atoms with E-state index in [0.717, 1.165) is 11.1 Å². The van der Waals surface area contributed by atoms with Gasteiger partial charge in [0.15, 0.2) is 11.5 Å². The third kappa shape index (κ3) is 6.55. The van der Waals surface area contributed by atoms with Crippen molar-refractivity contribution in [3.8, 4) is 11.5 Å². The van der Waals surface area contributed by atoms with Crippen LogP contribution in [0.3, 0.4) is 0 Å². The van der Waals surface area contributed by atoms with Crippen LogP contribution in [0, 0.1) is 6.92 Å². The van der Waals surface area contributed by atoms with Crippen molar-refractivity contribution in [3.63, 3.8) is 0 Å². The summed E-state index contributed by atoms with van der Waals surface area (Å²) in [4.78, 5) is 15.8. The molecule has 0 radical (unpaired) electrons. The molecule has 0 saturated carbocycles. The first-order valence-electron chi connectivity index (χ1n) is 9.83. The SMILES string of the molecule is CCOC(=O)Cc1csc(N/N=C/c2ccc(OCc3ccccc3C)c(OC)c2)n1. The second kappa shape index (κ2) is 11.1. The fourth-order valence-electron chi connectivity index (χ4n) is 2.77. The summed E-state index contributed by atoms with van der Waals surface area (Å²) in [7, 11) is 1.61. The molecule has 31 heavy (non-hydrogen) atoms. The number of aryl methyl sites for hydroxylation is 1. The zero-order valence-electron chi connectivity index (χ0n) is 17.8. The summed E-state index contributed by atoms with van der Waals surface area (Å²) < 4.78 is 16.3. The van der Waals surface area contributed by atoms with Gasteiger partial charge in [-0.15, -0.1) is 11.3 Å². The van der Waals surface area contributed by atoms with Gasteiger partial charge in [-0.2, -0.15) is 5.10 Å². The first-order chi connectivity index (χ1) is 15.1. The van der Waals surface area contributed by atoms with E-state index in [-0.39, 0.29) is 12.4 Å². The molecule has 1 heterocycles. The van der Waals surface area contributed by atoms with Crippen LogP contribution < -0.4 is 14.9 Å². The molecule has 3 rings (SSSR count). The number of hydrazone groups is 1. The largest absolute Gasteiger partial charge is 0.493 e. The molecular formula is C23H25N3O4S. The highest BCUT2D eigenvalue weighted by Crippen LogP contribution is 2.28. The molecule has 0 saturated heterocycles. The molecule has 162 valence electrons. The summed E-state index contributed by atoms with van der Waals surface area (Å²) in [5.74, 6) is 1.00. The van der Waals surface area contributed by atoms with Crippen molar-refractivity contribution in [1.82, 2.24) is 4.98 Å².